The van der Waals surface area contributed by atoms with Gasteiger partial charge in [-0.2, -0.15) is 0 Å². The van der Waals surface area contributed by atoms with E-state index in [1.54, 1.807) is 0 Å². The lowest BCUT2D eigenvalue weighted by Crippen LogP contribution is -2.35. The third-order valence-corrected chi connectivity index (χ3v) is 3.72. The molecule has 0 heterocycles. The zero-order valence-electron chi connectivity index (χ0n) is 10.4. The Morgan fingerprint density at radius 1 is 1.19 bits per heavy atom. The Kier molecular flexibility index (Phi) is 4.00. The van der Waals surface area contributed by atoms with Gasteiger partial charge in [0.15, 0.2) is 0 Å². The molecule has 0 spiro atoms. The minimum atomic E-state index is 0.483. The van der Waals surface area contributed by atoms with Gasteiger partial charge < -0.3 is 5.32 Å². The molecule has 0 bridgehead atoms. The molecule has 88 valence electrons. The molecule has 0 saturated heterocycles. The molecular formula is C15H23N. The fourth-order valence-electron chi connectivity index (χ4n) is 2.78. The Morgan fingerprint density at radius 3 is 2.62 bits per heavy atom. The topological polar surface area (TPSA) is 12.0 Å². The zero-order chi connectivity index (χ0) is 11.4. The van der Waals surface area contributed by atoms with Crippen molar-refractivity contribution in [3.8, 4) is 0 Å². The second-order valence-corrected chi connectivity index (χ2v) is 5.27. The second kappa shape index (κ2) is 5.49. The predicted molar refractivity (Wildman–Crippen MR) is 69.4 cm³/mol. The van der Waals surface area contributed by atoms with E-state index in [0.717, 1.165) is 12.0 Å². The summed E-state index contributed by atoms with van der Waals surface area (Å²) >= 11 is 0. The fourth-order valence-corrected chi connectivity index (χ4v) is 2.78. The van der Waals surface area contributed by atoms with Crippen LogP contribution in [0, 0.1) is 5.92 Å². The van der Waals surface area contributed by atoms with Gasteiger partial charge in [-0.25, -0.2) is 0 Å². The SMILES string of the molecule is CC1CCCC(N[C@H](C)c2ccccc2)C1. The van der Waals surface area contributed by atoms with Crippen molar-refractivity contribution in [3.05, 3.63) is 35.9 Å². The molecule has 0 aromatic heterocycles. The van der Waals surface area contributed by atoms with Crippen molar-refractivity contribution in [1.82, 2.24) is 5.32 Å². The molecule has 1 aromatic rings. The molecule has 1 fully saturated rings. The molecule has 1 nitrogen and oxygen atoms in total. The minimum Gasteiger partial charge on any atom is -0.307 e. The third-order valence-electron chi connectivity index (χ3n) is 3.72. The highest BCUT2D eigenvalue weighted by molar-refractivity contribution is 5.18. The first-order chi connectivity index (χ1) is 7.75. The second-order valence-electron chi connectivity index (χ2n) is 5.27. The van der Waals surface area contributed by atoms with Crippen molar-refractivity contribution in [2.24, 2.45) is 5.92 Å². The van der Waals surface area contributed by atoms with Crippen molar-refractivity contribution in [3.63, 3.8) is 0 Å². The van der Waals surface area contributed by atoms with Gasteiger partial charge in [0.2, 0.25) is 0 Å². The first-order valence-corrected chi connectivity index (χ1v) is 6.56. The smallest absolute Gasteiger partial charge is 0.0294 e. The first kappa shape index (κ1) is 11.7. The number of hydrogen-bond acceptors (Lipinski definition) is 1. The van der Waals surface area contributed by atoms with Crippen LogP contribution in [0.2, 0.25) is 0 Å². The van der Waals surface area contributed by atoms with Crippen molar-refractivity contribution in [1.29, 1.82) is 0 Å². The fraction of sp³-hybridized carbons (Fsp3) is 0.600. The van der Waals surface area contributed by atoms with Crippen LogP contribution < -0.4 is 5.32 Å². The van der Waals surface area contributed by atoms with E-state index < -0.39 is 0 Å². The summed E-state index contributed by atoms with van der Waals surface area (Å²) in [5.41, 5.74) is 1.40. The Bertz CT molecular complexity index is 306. The van der Waals surface area contributed by atoms with Crippen molar-refractivity contribution in [2.45, 2.75) is 51.6 Å². The van der Waals surface area contributed by atoms with E-state index in [-0.39, 0.29) is 0 Å². The van der Waals surface area contributed by atoms with E-state index in [4.69, 9.17) is 0 Å². The van der Waals surface area contributed by atoms with Crippen LogP contribution in [-0.4, -0.2) is 6.04 Å². The maximum atomic E-state index is 3.77. The molecule has 1 saturated carbocycles. The van der Waals surface area contributed by atoms with E-state index >= 15 is 0 Å². The zero-order valence-corrected chi connectivity index (χ0v) is 10.4. The van der Waals surface area contributed by atoms with E-state index in [9.17, 15) is 0 Å². The Morgan fingerprint density at radius 2 is 1.94 bits per heavy atom. The molecule has 0 aliphatic heterocycles. The molecule has 2 unspecified atom stereocenters. The molecule has 2 rings (SSSR count). The van der Waals surface area contributed by atoms with Gasteiger partial charge in [0, 0.05) is 12.1 Å². The summed E-state index contributed by atoms with van der Waals surface area (Å²) in [6.07, 6.45) is 5.50. The van der Waals surface area contributed by atoms with Crippen LogP contribution in [0.5, 0.6) is 0 Å². The molecule has 1 aliphatic rings. The Balaban J connectivity index is 1.89. The summed E-state index contributed by atoms with van der Waals surface area (Å²) in [5.74, 6) is 0.897. The Labute approximate surface area is 99.3 Å². The van der Waals surface area contributed by atoms with E-state index in [1.165, 1.54) is 31.2 Å². The van der Waals surface area contributed by atoms with Crippen LogP contribution >= 0.6 is 0 Å². The van der Waals surface area contributed by atoms with Gasteiger partial charge in [-0.1, -0.05) is 50.1 Å². The number of hydrogen-bond donors (Lipinski definition) is 1. The van der Waals surface area contributed by atoms with Crippen molar-refractivity contribution >= 4 is 0 Å². The molecular weight excluding hydrogens is 194 g/mol. The van der Waals surface area contributed by atoms with Gasteiger partial charge in [-0.3, -0.25) is 0 Å². The molecule has 1 aromatic carbocycles. The third kappa shape index (κ3) is 3.08. The normalized spacial score (nSPS) is 27.6. The summed E-state index contributed by atoms with van der Waals surface area (Å²) < 4.78 is 0. The first-order valence-electron chi connectivity index (χ1n) is 6.56. The molecule has 0 radical (unpaired) electrons. The van der Waals surface area contributed by atoms with Crippen LogP contribution in [0.1, 0.15) is 51.1 Å². The average Bonchev–Trinajstić information content (AvgIpc) is 2.30. The highest BCUT2D eigenvalue weighted by Crippen LogP contribution is 2.25. The van der Waals surface area contributed by atoms with Crippen LogP contribution in [-0.2, 0) is 0 Å². The quantitative estimate of drug-likeness (QED) is 0.809. The van der Waals surface area contributed by atoms with Gasteiger partial charge in [0.25, 0.3) is 0 Å². The van der Waals surface area contributed by atoms with Crippen LogP contribution in [0.4, 0.5) is 0 Å². The van der Waals surface area contributed by atoms with Gasteiger partial charge in [-0.15, -0.1) is 0 Å². The summed E-state index contributed by atoms with van der Waals surface area (Å²) in [4.78, 5) is 0. The maximum absolute atomic E-state index is 3.77. The summed E-state index contributed by atoms with van der Waals surface area (Å²) in [7, 11) is 0. The van der Waals surface area contributed by atoms with E-state index in [1.807, 2.05) is 0 Å². The van der Waals surface area contributed by atoms with Crippen LogP contribution in [0.15, 0.2) is 30.3 Å². The van der Waals surface area contributed by atoms with Gasteiger partial charge in [0.05, 0.1) is 0 Å². The monoisotopic (exact) mass is 217 g/mol. The molecule has 1 N–H and O–H groups in total. The van der Waals surface area contributed by atoms with Crippen LogP contribution in [0.25, 0.3) is 0 Å². The van der Waals surface area contributed by atoms with Gasteiger partial charge in [-0.05, 0) is 31.2 Å². The van der Waals surface area contributed by atoms with Crippen molar-refractivity contribution < 1.29 is 0 Å². The largest absolute Gasteiger partial charge is 0.307 e. The summed E-state index contributed by atoms with van der Waals surface area (Å²) in [6, 6.07) is 12.0. The standard InChI is InChI=1S/C15H23N/c1-12-7-6-10-15(11-12)16-13(2)14-8-4-3-5-9-14/h3-5,8-9,12-13,15-16H,6-7,10-11H2,1-2H3/t12?,13-,15?/m1/s1. The number of rotatable bonds is 3. The highest BCUT2D eigenvalue weighted by atomic mass is 14.9. The molecule has 1 aliphatic carbocycles. The number of benzene rings is 1. The van der Waals surface area contributed by atoms with Gasteiger partial charge in [0.1, 0.15) is 0 Å². The maximum Gasteiger partial charge on any atom is 0.0294 e. The minimum absolute atomic E-state index is 0.483. The molecule has 1 heteroatoms. The van der Waals surface area contributed by atoms with E-state index in [2.05, 4.69) is 49.5 Å². The summed E-state index contributed by atoms with van der Waals surface area (Å²) in [5, 5.41) is 3.77. The molecule has 3 atom stereocenters. The molecule has 16 heavy (non-hydrogen) atoms. The van der Waals surface area contributed by atoms with E-state index in [0.29, 0.717) is 6.04 Å². The lowest BCUT2D eigenvalue weighted by atomic mass is 9.86. The number of nitrogens with one attached hydrogen (secondary N) is 1. The lowest BCUT2D eigenvalue weighted by molar-refractivity contribution is 0.285. The van der Waals surface area contributed by atoms with Crippen molar-refractivity contribution in [2.75, 3.05) is 0 Å². The lowest BCUT2D eigenvalue weighted by Gasteiger charge is -2.30. The average molecular weight is 217 g/mol. The summed E-state index contributed by atoms with van der Waals surface area (Å²) in [6.45, 7) is 4.65. The Hall–Kier alpha value is -0.820. The molecule has 0 amide bonds. The predicted octanol–water partition coefficient (Wildman–Crippen LogP) is 3.92. The highest BCUT2D eigenvalue weighted by Gasteiger charge is 2.20. The van der Waals surface area contributed by atoms with Crippen LogP contribution in [0.3, 0.4) is 0 Å². The van der Waals surface area contributed by atoms with Gasteiger partial charge >= 0.3 is 0 Å².